The molecule has 0 saturated carbocycles. The van der Waals surface area contributed by atoms with Crippen molar-refractivity contribution in [3.05, 3.63) is 29.5 Å². The molecule has 0 unspecified atom stereocenters. The average Bonchev–Trinajstić information content (AvgIpc) is 2.85. The van der Waals surface area contributed by atoms with Crippen LogP contribution in [-0.2, 0) is 0 Å². The van der Waals surface area contributed by atoms with Gasteiger partial charge in [-0.15, -0.1) is 0 Å². The number of nitrogens with one attached hydrogen (secondary N) is 2. The molecule has 4 N–H and O–H groups in total. The molecule has 0 amide bonds. The van der Waals surface area contributed by atoms with E-state index in [0.717, 1.165) is 22.6 Å². The molecule has 17 heavy (non-hydrogen) atoms. The number of H-pyrrole nitrogens is 2. The molecule has 3 rings (SSSR count). The van der Waals surface area contributed by atoms with Gasteiger partial charge < -0.3 is 10.7 Å². The zero-order valence-corrected chi connectivity index (χ0v) is 9.70. The van der Waals surface area contributed by atoms with Crippen LogP contribution >= 0.6 is 0 Å². The first-order valence-corrected chi connectivity index (χ1v) is 5.41. The predicted octanol–water partition coefficient (Wildman–Crippen LogP) is 2.15. The van der Waals surface area contributed by atoms with Crippen molar-refractivity contribution in [1.82, 2.24) is 20.2 Å². The van der Waals surface area contributed by atoms with Crippen molar-refractivity contribution in [2.75, 3.05) is 5.73 Å². The molecule has 0 aliphatic carbocycles. The van der Waals surface area contributed by atoms with E-state index >= 15 is 0 Å². The first-order chi connectivity index (χ1) is 8.15. The molecule has 0 atom stereocenters. The highest BCUT2D eigenvalue weighted by Crippen LogP contribution is 2.24. The molecule has 2 aromatic heterocycles. The van der Waals surface area contributed by atoms with E-state index in [2.05, 4.69) is 46.1 Å². The summed E-state index contributed by atoms with van der Waals surface area (Å²) >= 11 is 0. The normalized spacial score (nSPS) is 11.2. The van der Waals surface area contributed by atoms with Gasteiger partial charge in [-0.1, -0.05) is 0 Å². The largest absolute Gasteiger partial charge is 0.396 e. The first-order valence-electron chi connectivity index (χ1n) is 5.41. The number of imidazole rings is 1. The highest BCUT2D eigenvalue weighted by molar-refractivity contribution is 5.82. The number of nitrogen functional groups attached to an aromatic ring is 1. The second-order valence-electron chi connectivity index (χ2n) is 4.24. The van der Waals surface area contributed by atoms with Crippen LogP contribution in [0.4, 0.5) is 5.69 Å². The molecule has 1 aromatic carbocycles. The summed E-state index contributed by atoms with van der Waals surface area (Å²) in [5, 5.41) is 6.74. The Morgan fingerprint density at radius 1 is 1.18 bits per heavy atom. The fraction of sp³-hybridized carbons (Fsp3) is 0.167. The number of hydrogen-bond donors (Lipinski definition) is 3. The van der Waals surface area contributed by atoms with Crippen molar-refractivity contribution in [3.8, 4) is 11.5 Å². The van der Waals surface area contributed by atoms with Crippen LogP contribution in [0.5, 0.6) is 0 Å². The highest BCUT2D eigenvalue weighted by Gasteiger charge is 2.10. The fourth-order valence-electron chi connectivity index (χ4n) is 1.87. The van der Waals surface area contributed by atoms with Crippen molar-refractivity contribution < 1.29 is 0 Å². The lowest BCUT2D eigenvalue weighted by Gasteiger charge is -1.97. The number of aromatic nitrogens is 4. The van der Waals surface area contributed by atoms with Crippen LogP contribution in [0.15, 0.2) is 18.3 Å². The second-order valence-corrected chi connectivity index (χ2v) is 4.24. The van der Waals surface area contributed by atoms with E-state index in [1.807, 2.05) is 0 Å². The number of nitrogens with zero attached hydrogens (tertiary/aromatic N) is 2. The molecule has 0 bridgehead atoms. The molecule has 0 fully saturated rings. The summed E-state index contributed by atoms with van der Waals surface area (Å²) < 4.78 is 0. The van der Waals surface area contributed by atoms with Gasteiger partial charge in [-0.05, 0) is 37.1 Å². The lowest BCUT2D eigenvalue weighted by molar-refractivity contribution is 1.08. The summed E-state index contributed by atoms with van der Waals surface area (Å²) in [7, 11) is 0. The summed E-state index contributed by atoms with van der Waals surface area (Å²) in [4.78, 5) is 7.76. The average molecular weight is 227 g/mol. The summed E-state index contributed by atoms with van der Waals surface area (Å²) in [6.45, 7) is 4.16. The molecule has 86 valence electrons. The Hall–Kier alpha value is -2.30. The third-order valence-electron chi connectivity index (χ3n) is 3.00. The maximum Gasteiger partial charge on any atom is 0.158 e. The molecule has 0 aliphatic heterocycles. The van der Waals surface area contributed by atoms with Crippen molar-refractivity contribution in [2.24, 2.45) is 0 Å². The number of benzene rings is 1. The van der Waals surface area contributed by atoms with E-state index in [9.17, 15) is 0 Å². The minimum atomic E-state index is 0.595. The Labute approximate surface area is 98.1 Å². The second kappa shape index (κ2) is 3.35. The van der Waals surface area contributed by atoms with Gasteiger partial charge in [0.05, 0.1) is 22.9 Å². The van der Waals surface area contributed by atoms with E-state index in [-0.39, 0.29) is 0 Å². The Kier molecular flexibility index (Phi) is 1.95. The number of anilines is 1. The lowest BCUT2D eigenvalue weighted by Crippen LogP contribution is -1.87. The van der Waals surface area contributed by atoms with Crippen molar-refractivity contribution >= 4 is 16.7 Å². The zero-order valence-electron chi connectivity index (χ0n) is 9.70. The van der Waals surface area contributed by atoms with Crippen LogP contribution in [0, 0.1) is 13.8 Å². The van der Waals surface area contributed by atoms with E-state index in [1.165, 1.54) is 11.1 Å². The van der Waals surface area contributed by atoms with Crippen LogP contribution < -0.4 is 5.73 Å². The molecular weight excluding hydrogens is 214 g/mol. The fourth-order valence-corrected chi connectivity index (χ4v) is 1.87. The van der Waals surface area contributed by atoms with Crippen LogP contribution in [0.1, 0.15) is 11.1 Å². The molecule has 0 spiro atoms. The predicted molar refractivity (Wildman–Crippen MR) is 67.6 cm³/mol. The van der Waals surface area contributed by atoms with Gasteiger partial charge in [-0.3, -0.25) is 5.10 Å². The van der Waals surface area contributed by atoms with E-state index in [0.29, 0.717) is 5.69 Å². The molecule has 0 saturated heterocycles. The topological polar surface area (TPSA) is 83.4 Å². The third kappa shape index (κ3) is 1.47. The van der Waals surface area contributed by atoms with Gasteiger partial charge in [0.15, 0.2) is 5.82 Å². The van der Waals surface area contributed by atoms with Gasteiger partial charge in [0, 0.05) is 0 Å². The third-order valence-corrected chi connectivity index (χ3v) is 3.00. The van der Waals surface area contributed by atoms with Crippen molar-refractivity contribution in [1.29, 1.82) is 0 Å². The smallest absolute Gasteiger partial charge is 0.158 e. The Morgan fingerprint density at radius 3 is 2.65 bits per heavy atom. The quantitative estimate of drug-likeness (QED) is 0.595. The first kappa shape index (κ1) is 9.89. The minimum Gasteiger partial charge on any atom is -0.396 e. The maximum absolute atomic E-state index is 5.80. The van der Waals surface area contributed by atoms with Crippen molar-refractivity contribution in [2.45, 2.75) is 13.8 Å². The monoisotopic (exact) mass is 227 g/mol. The summed E-state index contributed by atoms with van der Waals surface area (Å²) in [6, 6.07) is 4.16. The number of hydrogen-bond acceptors (Lipinski definition) is 3. The molecular formula is C12H13N5. The Balaban J connectivity index is 2.24. The van der Waals surface area contributed by atoms with E-state index in [1.54, 1.807) is 6.20 Å². The molecule has 5 heteroatoms. The number of rotatable bonds is 1. The number of aromatic amines is 2. The van der Waals surface area contributed by atoms with Gasteiger partial charge in [0.2, 0.25) is 0 Å². The molecule has 3 aromatic rings. The van der Waals surface area contributed by atoms with Crippen LogP contribution in [0.2, 0.25) is 0 Å². The summed E-state index contributed by atoms with van der Waals surface area (Å²) in [5.41, 5.74) is 11.6. The Morgan fingerprint density at radius 2 is 1.94 bits per heavy atom. The van der Waals surface area contributed by atoms with Crippen LogP contribution in [-0.4, -0.2) is 20.2 Å². The minimum absolute atomic E-state index is 0.595. The summed E-state index contributed by atoms with van der Waals surface area (Å²) in [5.74, 6) is 0.722. The number of nitrogens with two attached hydrogens (primary N) is 1. The van der Waals surface area contributed by atoms with Gasteiger partial charge in [-0.25, -0.2) is 4.98 Å². The molecule has 5 nitrogen and oxygen atoms in total. The number of aryl methyl sites for hydroxylation is 2. The van der Waals surface area contributed by atoms with Crippen LogP contribution in [0.3, 0.4) is 0 Å². The van der Waals surface area contributed by atoms with Crippen molar-refractivity contribution in [3.63, 3.8) is 0 Å². The highest BCUT2D eigenvalue weighted by atomic mass is 15.1. The van der Waals surface area contributed by atoms with Gasteiger partial charge in [-0.2, -0.15) is 5.10 Å². The molecule has 0 radical (unpaired) electrons. The maximum atomic E-state index is 5.80. The molecule has 2 heterocycles. The van der Waals surface area contributed by atoms with Gasteiger partial charge >= 0.3 is 0 Å². The standard InChI is InChI=1S/C12H13N5/c1-6-3-9-10(4-7(6)2)16-12(15-9)11-8(13)5-14-17-11/h3-5H,13H2,1-2H3,(H,14,17)(H,15,16). The SMILES string of the molecule is Cc1cc2nc(-c3[nH]ncc3N)[nH]c2cc1C. The Bertz CT molecular complexity index is 653. The van der Waals surface area contributed by atoms with Gasteiger partial charge in [0.1, 0.15) is 5.69 Å². The zero-order chi connectivity index (χ0) is 12.0. The van der Waals surface area contributed by atoms with Gasteiger partial charge in [0.25, 0.3) is 0 Å². The summed E-state index contributed by atoms with van der Waals surface area (Å²) in [6.07, 6.45) is 1.58. The molecule has 0 aliphatic rings. The van der Waals surface area contributed by atoms with E-state index in [4.69, 9.17) is 5.73 Å². The lowest BCUT2D eigenvalue weighted by atomic mass is 10.1. The van der Waals surface area contributed by atoms with Crippen LogP contribution in [0.25, 0.3) is 22.6 Å². The number of fused-ring (bicyclic) bond motifs is 1. The van der Waals surface area contributed by atoms with E-state index < -0.39 is 0 Å².